The highest BCUT2D eigenvalue weighted by atomic mass is 16.5. The van der Waals surface area contributed by atoms with Gasteiger partial charge in [0, 0.05) is 61.4 Å². The predicted molar refractivity (Wildman–Crippen MR) is 268 cm³/mol. The van der Waals surface area contributed by atoms with Crippen LogP contribution in [-0.2, 0) is 38.7 Å². The van der Waals surface area contributed by atoms with E-state index in [1.54, 1.807) is 30.3 Å². The van der Waals surface area contributed by atoms with Crippen LogP contribution in [0.25, 0.3) is 17.2 Å². The minimum atomic E-state index is -0.838. The molecule has 4 bridgehead atoms. The third-order valence-electron chi connectivity index (χ3n) is 13.7. The van der Waals surface area contributed by atoms with E-state index in [0.717, 1.165) is 88.5 Å². The largest absolute Gasteiger partial charge is 0.508 e. The summed E-state index contributed by atoms with van der Waals surface area (Å²) >= 11 is 0. The van der Waals surface area contributed by atoms with E-state index < -0.39 is 18.1 Å². The second-order valence-corrected chi connectivity index (χ2v) is 18.4. The third kappa shape index (κ3) is 10.7. The third-order valence-corrected chi connectivity index (χ3v) is 13.7. The van der Waals surface area contributed by atoms with Gasteiger partial charge in [-0.05, 0) is 89.2 Å². The van der Waals surface area contributed by atoms with Gasteiger partial charge in [0.25, 0.3) is 0 Å². The normalized spacial score (nSPS) is 18.8. The summed E-state index contributed by atoms with van der Waals surface area (Å²) in [5.41, 5.74) is 9.81. The second kappa shape index (κ2) is 21.8. The van der Waals surface area contributed by atoms with E-state index in [2.05, 4.69) is 70.7 Å². The number of aliphatic hydroxyl groups excluding tert-OH is 3. The maximum atomic E-state index is 14.7. The van der Waals surface area contributed by atoms with Crippen LogP contribution in [0.15, 0.2) is 109 Å². The Labute approximate surface area is 404 Å². The van der Waals surface area contributed by atoms with E-state index in [1.807, 2.05) is 36.4 Å². The molecule has 6 N–H and O–H groups in total. The molecule has 5 heterocycles. The van der Waals surface area contributed by atoms with Gasteiger partial charge in [0.05, 0.1) is 39.5 Å². The Morgan fingerprint density at radius 3 is 2.52 bits per heavy atom. The van der Waals surface area contributed by atoms with Gasteiger partial charge in [-0.15, -0.1) is 0 Å². The van der Waals surface area contributed by atoms with E-state index in [-0.39, 0.29) is 73.9 Å². The monoisotopic (exact) mass is 933 g/mol. The number of ketones is 1. The molecule has 1 fully saturated rings. The number of aromatic amines is 1. The highest BCUT2D eigenvalue weighted by molar-refractivity contribution is 6.04. The van der Waals surface area contributed by atoms with Crippen molar-refractivity contribution < 1.29 is 44.2 Å². The maximum Gasteiger partial charge on any atom is 0.204 e. The molecular weight excluding hydrogens is 871 g/mol. The number of phenols is 1. The van der Waals surface area contributed by atoms with Crippen LogP contribution in [0.2, 0.25) is 0 Å². The van der Waals surface area contributed by atoms with E-state index in [9.17, 15) is 25.2 Å². The number of piperazine rings is 1. The summed E-state index contributed by atoms with van der Waals surface area (Å²) in [6, 6.07) is 33.7. The average Bonchev–Trinajstić information content (AvgIpc) is 3.82. The minimum absolute atomic E-state index is 0.00661. The van der Waals surface area contributed by atoms with Gasteiger partial charge in [-0.25, -0.2) is 0 Å². The lowest BCUT2D eigenvalue weighted by Gasteiger charge is -2.38. The Kier molecular flexibility index (Phi) is 15.0. The molecule has 1 aromatic heterocycles. The fourth-order valence-corrected chi connectivity index (χ4v) is 9.94. The van der Waals surface area contributed by atoms with Gasteiger partial charge >= 0.3 is 0 Å². The molecule has 1 saturated heterocycles. The van der Waals surface area contributed by atoms with Crippen molar-refractivity contribution in [3.05, 3.63) is 159 Å². The number of fused-ring (bicyclic) bond motifs is 7. The van der Waals surface area contributed by atoms with Crippen LogP contribution >= 0.6 is 0 Å². The number of ether oxygens (including phenoxy) is 4. The number of nitrogens with one attached hydrogen (secondary N) is 2. The quantitative estimate of drug-likeness (QED) is 0.0740. The predicted octanol–water partition coefficient (Wildman–Crippen LogP) is 8.35. The smallest absolute Gasteiger partial charge is 0.204 e. The van der Waals surface area contributed by atoms with E-state index in [1.165, 1.54) is 7.11 Å². The Hall–Kier alpha value is -6.57. The molecule has 12 nitrogen and oxygen atoms in total. The summed E-state index contributed by atoms with van der Waals surface area (Å²) in [5.74, 6) is 1.63. The average molecular weight is 934 g/mol. The van der Waals surface area contributed by atoms with Gasteiger partial charge in [0.15, 0.2) is 17.3 Å². The molecule has 69 heavy (non-hydrogen) atoms. The number of Topliss-reactive ketones (excluding diaryl/α,β-unsaturated/α-hetero) is 1. The number of aromatic hydroxyl groups is 1. The van der Waals surface area contributed by atoms with Crippen molar-refractivity contribution in [3.63, 3.8) is 0 Å². The highest BCUT2D eigenvalue weighted by Crippen LogP contribution is 2.53. The Bertz CT molecular complexity index is 2750. The van der Waals surface area contributed by atoms with Gasteiger partial charge < -0.3 is 54.6 Å². The molecule has 1 unspecified atom stereocenters. The number of phenolic OH excluding ortho intramolecular Hbond substituents is 1. The van der Waals surface area contributed by atoms with Crippen molar-refractivity contribution in [3.8, 4) is 39.9 Å². The zero-order chi connectivity index (χ0) is 47.9. The molecular formula is C57H63N3O9. The lowest BCUT2D eigenvalue weighted by Crippen LogP contribution is -2.52. The van der Waals surface area contributed by atoms with Crippen molar-refractivity contribution in [2.75, 3.05) is 51.5 Å². The summed E-state index contributed by atoms with van der Waals surface area (Å²) in [4.78, 5) is 21.0. The first-order valence-corrected chi connectivity index (χ1v) is 24.3. The van der Waals surface area contributed by atoms with Crippen molar-refractivity contribution in [1.82, 2.24) is 10.3 Å². The van der Waals surface area contributed by atoms with E-state index in [4.69, 9.17) is 18.9 Å². The molecule has 0 amide bonds. The summed E-state index contributed by atoms with van der Waals surface area (Å²) < 4.78 is 26.5. The van der Waals surface area contributed by atoms with Gasteiger partial charge in [0.2, 0.25) is 5.75 Å². The molecule has 5 aromatic carbocycles. The number of hydrogen-bond acceptors (Lipinski definition) is 11. The molecule has 0 radical (unpaired) electrons. The van der Waals surface area contributed by atoms with Crippen molar-refractivity contribution in [2.24, 2.45) is 5.92 Å². The number of aromatic nitrogens is 1. The maximum absolute atomic E-state index is 14.7. The van der Waals surface area contributed by atoms with Crippen LogP contribution in [0.1, 0.15) is 80.9 Å². The van der Waals surface area contributed by atoms with Crippen LogP contribution in [0, 0.1) is 5.92 Å². The first kappa shape index (κ1) is 47.5. The molecule has 0 spiro atoms. The SMILES string of the molecule is CCc1cc2c([nH]1)N1CCNC[C@H]1Cc1ccc(c(CO)c1)C[C@H](CO)COc1c(c3c(c(OCC[C@@H](O)/C=C/c4ccccc4)c1OC)C(=O)CC(c1ccc(O)cc1)O3)CCc1cccc-2c1. The molecule has 360 valence electrons. The van der Waals surface area contributed by atoms with Crippen LogP contribution in [-0.4, -0.2) is 89.9 Å². The van der Waals surface area contributed by atoms with Gasteiger partial charge in [0.1, 0.15) is 29.0 Å². The number of methoxy groups -OCH3 is 1. The van der Waals surface area contributed by atoms with Gasteiger partial charge in [-0.2, -0.15) is 0 Å². The number of benzene rings is 5. The molecule has 10 rings (SSSR count). The van der Waals surface area contributed by atoms with Crippen LogP contribution < -0.4 is 29.2 Å². The lowest BCUT2D eigenvalue weighted by atomic mass is 9.90. The number of carbonyl (C=O) groups excluding carboxylic acids is 1. The standard InChI is InChI=1S/C57H63N3O9/c1-3-44-30-49-42-11-7-10-37(26-42)14-21-48-53-52(50(65)31-51(69-53)40-16-19-46(63)20-17-40)55(67-25-22-47(64)18-13-36-8-5-4-6-9-36)56(66-2)54(48)68-35-39(33-61)28-41-15-12-38(27-43(41)34-62)29-45-32-58-23-24-60(45)57(49)59-44/h4-13,15-20,26-27,30,39,45,47,51,58-59,61-64H,3,14,21-25,28-29,31-35H2,1-2H3/b18-13+/t39-,45-,47+,51?/m1/s1. The highest BCUT2D eigenvalue weighted by Gasteiger charge is 2.38. The number of aryl methyl sites for hydroxylation is 2. The Balaban J connectivity index is 1.16. The number of nitrogens with zero attached hydrogens (tertiary/aromatic N) is 1. The number of aliphatic hydroxyl groups is 3. The molecule has 0 aliphatic carbocycles. The minimum Gasteiger partial charge on any atom is -0.508 e. The first-order valence-electron chi connectivity index (χ1n) is 24.3. The summed E-state index contributed by atoms with van der Waals surface area (Å²) in [6.45, 7) is 4.41. The van der Waals surface area contributed by atoms with Crippen LogP contribution in [0.4, 0.5) is 5.82 Å². The first-order chi connectivity index (χ1) is 33.7. The number of rotatable bonds is 11. The Morgan fingerprint density at radius 2 is 1.74 bits per heavy atom. The molecule has 4 atom stereocenters. The Morgan fingerprint density at radius 1 is 0.899 bits per heavy atom. The van der Waals surface area contributed by atoms with Crippen LogP contribution in [0.5, 0.6) is 28.7 Å². The van der Waals surface area contributed by atoms with Crippen molar-refractivity contribution in [2.45, 2.75) is 76.7 Å². The molecule has 6 aromatic rings. The topological polar surface area (TPSA) is 166 Å². The van der Waals surface area contributed by atoms with Gasteiger partial charge in [-0.1, -0.05) is 104 Å². The number of hydrogen-bond donors (Lipinski definition) is 6. The zero-order valence-electron chi connectivity index (χ0n) is 39.5. The summed E-state index contributed by atoms with van der Waals surface area (Å²) in [6.07, 6.45) is 5.28. The molecule has 4 aliphatic rings. The number of H-pyrrole nitrogens is 1. The molecule has 0 saturated carbocycles. The fourth-order valence-electron chi connectivity index (χ4n) is 9.94. The number of carbonyl (C=O) groups is 1. The van der Waals surface area contributed by atoms with Gasteiger partial charge in [-0.3, -0.25) is 4.79 Å². The van der Waals surface area contributed by atoms with E-state index in [0.29, 0.717) is 36.3 Å². The number of anilines is 1. The molecule has 12 heteroatoms. The fraction of sp³-hybridized carbons (Fsp3) is 0.351. The molecule has 4 aliphatic heterocycles. The van der Waals surface area contributed by atoms with Crippen molar-refractivity contribution in [1.29, 1.82) is 0 Å². The summed E-state index contributed by atoms with van der Waals surface area (Å²) in [7, 11) is 1.52. The second-order valence-electron chi connectivity index (χ2n) is 18.4. The van der Waals surface area contributed by atoms with E-state index >= 15 is 0 Å². The zero-order valence-corrected chi connectivity index (χ0v) is 39.5. The van der Waals surface area contributed by atoms with Crippen molar-refractivity contribution >= 4 is 17.7 Å². The van der Waals surface area contributed by atoms with Crippen LogP contribution in [0.3, 0.4) is 0 Å². The summed E-state index contributed by atoms with van der Waals surface area (Å²) in [5, 5.41) is 46.5. The lowest BCUT2D eigenvalue weighted by molar-refractivity contribution is 0.0834.